The quantitative estimate of drug-likeness (QED) is 0.538. The van der Waals surface area contributed by atoms with Gasteiger partial charge in [0, 0.05) is 0 Å². The van der Waals surface area contributed by atoms with Crippen molar-refractivity contribution in [3.05, 3.63) is 0 Å². The van der Waals surface area contributed by atoms with Crippen molar-refractivity contribution in [3.8, 4) is 0 Å². The fourth-order valence-electron chi connectivity index (χ4n) is 1.88. The third-order valence-electron chi connectivity index (χ3n) is 2.87. The lowest BCUT2D eigenvalue weighted by atomic mass is 9.83. The average molecular weight is 228 g/mol. The van der Waals surface area contributed by atoms with Crippen molar-refractivity contribution in [1.29, 1.82) is 0 Å². The maximum absolute atomic E-state index is 11.6. The van der Waals surface area contributed by atoms with E-state index in [0.29, 0.717) is 5.92 Å². The predicted octanol–water partition coefficient (Wildman–Crippen LogP) is 2.90. The van der Waals surface area contributed by atoms with Crippen molar-refractivity contribution in [2.45, 2.75) is 52.6 Å². The van der Waals surface area contributed by atoms with Crippen molar-refractivity contribution in [1.82, 2.24) is 0 Å². The van der Waals surface area contributed by atoms with Crippen LogP contribution in [0.15, 0.2) is 0 Å². The number of ether oxygens (including phenoxy) is 2. The molecule has 4 nitrogen and oxygen atoms in total. The normalized spacial score (nSPS) is 25.2. The van der Waals surface area contributed by atoms with Crippen molar-refractivity contribution >= 4 is 12.1 Å². The summed E-state index contributed by atoms with van der Waals surface area (Å²) in [5, 5.41) is 0. The summed E-state index contributed by atoms with van der Waals surface area (Å²) >= 11 is 0. The zero-order valence-corrected chi connectivity index (χ0v) is 10.2. The molecular weight excluding hydrogens is 208 g/mol. The Morgan fingerprint density at radius 2 is 1.69 bits per heavy atom. The minimum absolute atomic E-state index is 0.129. The Bertz CT molecular complexity index is 252. The van der Waals surface area contributed by atoms with Crippen molar-refractivity contribution in [2.75, 3.05) is 0 Å². The van der Waals surface area contributed by atoms with E-state index in [0.717, 1.165) is 25.7 Å². The standard InChI is InChI=1S/C12H20O4/c1-8(2)15-12(14)16-11(13)10-6-4-9(3)5-7-10/h8-10H,4-7H2,1-3H3. The first-order chi connectivity index (χ1) is 7.49. The minimum Gasteiger partial charge on any atom is -0.431 e. The summed E-state index contributed by atoms with van der Waals surface area (Å²) in [5.41, 5.74) is 0. The molecule has 16 heavy (non-hydrogen) atoms. The van der Waals surface area contributed by atoms with Gasteiger partial charge in [0.15, 0.2) is 0 Å². The number of hydrogen-bond donors (Lipinski definition) is 0. The van der Waals surface area contributed by atoms with Gasteiger partial charge in [-0.05, 0) is 45.4 Å². The average Bonchev–Trinajstić information content (AvgIpc) is 2.16. The largest absolute Gasteiger partial charge is 0.516 e. The van der Waals surface area contributed by atoms with Crippen LogP contribution in [-0.4, -0.2) is 18.2 Å². The van der Waals surface area contributed by atoms with Crippen molar-refractivity contribution < 1.29 is 19.1 Å². The number of hydrogen-bond acceptors (Lipinski definition) is 4. The molecule has 0 amide bonds. The van der Waals surface area contributed by atoms with Gasteiger partial charge in [-0.2, -0.15) is 0 Å². The smallest absolute Gasteiger partial charge is 0.431 e. The second-order valence-electron chi connectivity index (χ2n) is 4.79. The predicted molar refractivity (Wildman–Crippen MR) is 58.8 cm³/mol. The van der Waals surface area contributed by atoms with E-state index in [1.807, 2.05) is 0 Å². The molecule has 0 saturated heterocycles. The fraction of sp³-hybridized carbons (Fsp3) is 0.833. The van der Waals surface area contributed by atoms with E-state index >= 15 is 0 Å². The highest BCUT2D eigenvalue weighted by atomic mass is 16.7. The van der Waals surface area contributed by atoms with Crippen LogP contribution in [0.5, 0.6) is 0 Å². The molecule has 0 bridgehead atoms. The second kappa shape index (κ2) is 5.87. The highest BCUT2D eigenvalue weighted by Gasteiger charge is 2.27. The summed E-state index contributed by atoms with van der Waals surface area (Å²) in [6.45, 7) is 5.61. The van der Waals surface area contributed by atoms with Crippen LogP contribution in [0.2, 0.25) is 0 Å². The van der Waals surface area contributed by atoms with E-state index in [1.54, 1.807) is 13.8 Å². The van der Waals surface area contributed by atoms with Crippen LogP contribution in [0.3, 0.4) is 0 Å². The third-order valence-corrected chi connectivity index (χ3v) is 2.87. The Morgan fingerprint density at radius 3 is 2.19 bits per heavy atom. The highest BCUT2D eigenvalue weighted by molar-refractivity contribution is 5.83. The van der Waals surface area contributed by atoms with Crippen LogP contribution >= 0.6 is 0 Å². The zero-order valence-electron chi connectivity index (χ0n) is 10.2. The summed E-state index contributed by atoms with van der Waals surface area (Å²) < 4.78 is 9.39. The monoisotopic (exact) mass is 228 g/mol. The van der Waals surface area contributed by atoms with Gasteiger partial charge < -0.3 is 9.47 Å². The summed E-state index contributed by atoms with van der Waals surface area (Å²) in [4.78, 5) is 22.7. The molecule has 0 unspecified atom stereocenters. The summed E-state index contributed by atoms with van der Waals surface area (Å²) in [6, 6.07) is 0. The van der Waals surface area contributed by atoms with Gasteiger partial charge in [0.2, 0.25) is 0 Å². The first-order valence-corrected chi connectivity index (χ1v) is 5.91. The molecule has 0 N–H and O–H groups in total. The Hall–Kier alpha value is -1.06. The van der Waals surface area contributed by atoms with Crippen LogP contribution in [0.1, 0.15) is 46.5 Å². The Kier molecular flexibility index (Phi) is 4.77. The van der Waals surface area contributed by atoms with Crippen LogP contribution in [0.4, 0.5) is 4.79 Å². The van der Waals surface area contributed by atoms with Gasteiger partial charge in [-0.15, -0.1) is 0 Å². The SMILES string of the molecule is CC1CCC(C(=O)OC(=O)OC(C)C)CC1. The van der Waals surface area contributed by atoms with Crippen molar-refractivity contribution in [2.24, 2.45) is 11.8 Å². The molecule has 4 heteroatoms. The van der Waals surface area contributed by atoms with Crippen LogP contribution in [-0.2, 0) is 14.3 Å². The molecule has 0 heterocycles. The van der Waals surface area contributed by atoms with E-state index < -0.39 is 12.1 Å². The lowest BCUT2D eigenvalue weighted by Crippen LogP contribution is -2.26. The lowest BCUT2D eigenvalue weighted by Gasteiger charge is -2.24. The lowest BCUT2D eigenvalue weighted by molar-refractivity contribution is -0.146. The van der Waals surface area contributed by atoms with Gasteiger partial charge in [-0.3, -0.25) is 4.79 Å². The Balaban J connectivity index is 2.32. The molecule has 92 valence electrons. The molecule has 1 rings (SSSR count). The maximum atomic E-state index is 11.6. The van der Waals surface area contributed by atoms with Gasteiger partial charge in [0.1, 0.15) is 0 Å². The van der Waals surface area contributed by atoms with E-state index in [-0.39, 0.29) is 12.0 Å². The molecule has 1 saturated carbocycles. The van der Waals surface area contributed by atoms with Crippen molar-refractivity contribution in [3.63, 3.8) is 0 Å². The first kappa shape index (κ1) is 13.0. The van der Waals surface area contributed by atoms with E-state index in [4.69, 9.17) is 4.74 Å². The van der Waals surface area contributed by atoms with Crippen LogP contribution in [0, 0.1) is 11.8 Å². The molecule has 1 aliphatic carbocycles. The van der Waals surface area contributed by atoms with Crippen LogP contribution in [0.25, 0.3) is 0 Å². The molecule has 0 atom stereocenters. The second-order valence-corrected chi connectivity index (χ2v) is 4.79. The van der Waals surface area contributed by atoms with Gasteiger partial charge in [-0.1, -0.05) is 6.92 Å². The maximum Gasteiger partial charge on any atom is 0.516 e. The van der Waals surface area contributed by atoms with Gasteiger partial charge in [0.25, 0.3) is 0 Å². The molecule has 0 spiro atoms. The summed E-state index contributed by atoms with van der Waals surface area (Å²) in [6.07, 6.45) is 2.55. The Morgan fingerprint density at radius 1 is 1.12 bits per heavy atom. The summed E-state index contributed by atoms with van der Waals surface area (Å²) in [7, 11) is 0. The molecule has 1 fully saturated rings. The zero-order chi connectivity index (χ0) is 12.1. The minimum atomic E-state index is -0.876. The van der Waals surface area contributed by atoms with Crippen LogP contribution < -0.4 is 0 Å². The molecule has 0 aromatic heterocycles. The number of esters is 1. The Labute approximate surface area is 96.3 Å². The number of rotatable bonds is 2. The molecule has 0 aromatic carbocycles. The fourth-order valence-corrected chi connectivity index (χ4v) is 1.88. The van der Waals surface area contributed by atoms with Gasteiger partial charge in [-0.25, -0.2) is 4.79 Å². The number of carbonyl (C=O) groups is 2. The van der Waals surface area contributed by atoms with E-state index in [1.165, 1.54) is 0 Å². The highest BCUT2D eigenvalue weighted by Crippen LogP contribution is 2.29. The van der Waals surface area contributed by atoms with E-state index in [9.17, 15) is 9.59 Å². The molecule has 1 aliphatic rings. The molecule has 0 radical (unpaired) electrons. The topological polar surface area (TPSA) is 52.6 Å². The molecular formula is C12H20O4. The van der Waals surface area contributed by atoms with Gasteiger partial charge in [0.05, 0.1) is 12.0 Å². The van der Waals surface area contributed by atoms with E-state index in [2.05, 4.69) is 11.7 Å². The number of carbonyl (C=O) groups excluding carboxylic acids is 2. The molecule has 0 aliphatic heterocycles. The van der Waals surface area contributed by atoms with Gasteiger partial charge >= 0.3 is 12.1 Å². The first-order valence-electron chi connectivity index (χ1n) is 5.91. The molecule has 0 aromatic rings. The summed E-state index contributed by atoms with van der Waals surface area (Å²) in [5.74, 6) is 0.111. The third kappa shape index (κ3) is 4.21.